The maximum absolute atomic E-state index is 13.4. The third kappa shape index (κ3) is 5.56. The molecule has 2 amide bonds. The number of rotatable bonds is 7. The lowest BCUT2D eigenvalue weighted by molar-refractivity contribution is -0.123. The Labute approximate surface area is 154 Å². The third-order valence-corrected chi connectivity index (χ3v) is 3.29. The van der Waals surface area contributed by atoms with Gasteiger partial charge in [0, 0.05) is 11.6 Å². The van der Waals surface area contributed by atoms with Crippen LogP contribution in [0.2, 0.25) is 0 Å². The highest BCUT2D eigenvalue weighted by molar-refractivity contribution is 5.96. The molecule has 144 valence electrons. The van der Waals surface area contributed by atoms with Crippen LogP contribution in [-0.2, 0) is 4.79 Å². The Morgan fingerprint density at radius 2 is 1.70 bits per heavy atom. The number of carbonyl (C=O) groups is 2. The molecule has 2 aromatic carbocycles. The Morgan fingerprint density at radius 3 is 2.37 bits per heavy atom. The van der Waals surface area contributed by atoms with Gasteiger partial charge in [-0.05, 0) is 37.3 Å². The number of ether oxygens (including phenoxy) is 3. The predicted molar refractivity (Wildman–Crippen MR) is 91.6 cm³/mol. The van der Waals surface area contributed by atoms with Gasteiger partial charge < -0.3 is 14.2 Å². The topological polar surface area (TPSA) is 85.9 Å². The Hall–Kier alpha value is -3.36. The van der Waals surface area contributed by atoms with Crippen molar-refractivity contribution in [2.24, 2.45) is 0 Å². The van der Waals surface area contributed by atoms with Gasteiger partial charge in [-0.15, -0.1) is 0 Å². The summed E-state index contributed by atoms with van der Waals surface area (Å²) in [6.45, 7) is 1.68. The van der Waals surface area contributed by atoms with E-state index in [0.29, 0.717) is 24.2 Å². The summed E-state index contributed by atoms with van der Waals surface area (Å²) in [5.41, 5.74) is 4.54. The number of amides is 2. The first-order chi connectivity index (χ1) is 12.9. The van der Waals surface area contributed by atoms with Gasteiger partial charge in [0.25, 0.3) is 11.8 Å². The number of hydrazine groups is 1. The van der Waals surface area contributed by atoms with Crippen LogP contribution in [0.3, 0.4) is 0 Å². The molecule has 0 unspecified atom stereocenters. The SMILES string of the molecule is CCOc1ccc(C(=O)NNC(=O)COc2ccc(F)cc2F)cc1OC. The van der Waals surface area contributed by atoms with E-state index in [-0.39, 0.29) is 11.3 Å². The fraction of sp³-hybridized carbons (Fsp3) is 0.222. The Kier molecular flexibility index (Phi) is 6.93. The van der Waals surface area contributed by atoms with Gasteiger partial charge in [0.15, 0.2) is 29.7 Å². The molecular formula is C18H18F2N2O5. The number of nitrogens with one attached hydrogen (secondary N) is 2. The van der Waals surface area contributed by atoms with Crippen molar-refractivity contribution in [2.45, 2.75) is 6.92 Å². The molecule has 0 saturated heterocycles. The lowest BCUT2D eigenvalue weighted by atomic mass is 10.2. The van der Waals surface area contributed by atoms with E-state index in [9.17, 15) is 18.4 Å². The zero-order chi connectivity index (χ0) is 19.8. The second kappa shape index (κ2) is 9.37. The minimum absolute atomic E-state index is 0.223. The van der Waals surface area contributed by atoms with E-state index in [1.54, 1.807) is 6.07 Å². The molecule has 2 aromatic rings. The Morgan fingerprint density at radius 1 is 0.963 bits per heavy atom. The second-order valence-corrected chi connectivity index (χ2v) is 5.16. The molecule has 0 bridgehead atoms. The molecule has 0 aliphatic rings. The Bertz CT molecular complexity index is 829. The fourth-order valence-electron chi connectivity index (χ4n) is 2.05. The van der Waals surface area contributed by atoms with Gasteiger partial charge in [-0.1, -0.05) is 0 Å². The van der Waals surface area contributed by atoms with Crippen molar-refractivity contribution >= 4 is 11.8 Å². The lowest BCUT2D eigenvalue weighted by Gasteiger charge is -2.12. The van der Waals surface area contributed by atoms with Gasteiger partial charge in [-0.3, -0.25) is 20.4 Å². The monoisotopic (exact) mass is 380 g/mol. The van der Waals surface area contributed by atoms with Crippen molar-refractivity contribution in [2.75, 3.05) is 20.3 Å². The van der Waals surface area contributed by atoms with Crippen molar-refractivity contribution in [3.05, 3.63) is 53.6 Å². The molecule has 7 nitrogen and oxygen atoms in total. The highest BCUT2D eigenvalue weighted by Gasteiger charge is 2.13. The van der Waals surface area contributed by atoms with E-state index in [0.717, 1.165) is 12.1 Å². The zero-order valence-electron chi connectivity index (χ0n) is 14.7. The molecule has 0 saturated carbocycles. The van der Waals surface area contributed by atoms with Crippen LogP contribution in [0.15, 0.2) is 36.4 Å². The van der Waals surface area contributed by atoms with Crippen LogP contribution in [0.25, 0.3) is 0 Å². The van der Waals surface area contributed by atoms with Gasteiger partial charge in [-0.25, -0.2) is 8.78 Å². The minimum Gasteiger partial charge on any atom is -0.493 e. The van der Waals surface area contributed by atoms with Gasteiger partial charge in [0.2, 0.25) is 0 Å². The molecule has 0 spiro atoms. The quantitative estimate of drug-likeness (QED) is 0.720. The molecule has 9 heteroatoms. The highest BCUT2D eigenvalue weighted by atomic mass is 19.1. The van der Waals surface area contributed by atoms with E-state index in [1.807, 2.05) is 6.92 Å². The molecule has 0 radical (unpaired) electrons. The van der Waals surface area contributed by atoms with Crippen LogP contribution in [0, 0.1) is 11.6 Å². The second-order valence-electron chi connectivity index (χ2n) is 5.16. The molecule has 0 atom stereocenters. The molecule has 27 heavy (non-hydrogen) atoms. The van der Waals surface area contributed by atoms with Crippen LogP contribution in [0.1, 0.15) is 17.3 Å². The normalized spacial score (nSPS) is 10.1. The number of halogens is 2. The first-order valence-electron chi connectivity index (χ1n) is 7.92. The first-order valence-corrected chi connectivity index (χ1v) is 7.92. The van der Waals surface area contributed by atoms with Crippen LogP contribution >= 0.6 is 0 Å². The van der Waals surface area contributed by atoms with E-state index in [4.69, 9.17) is 14.2 Å². The van der Waals surface area contributed by atoms with E-state index >= 15 is 0 Å². The number of methoxy groups -OCH3 is 1. The largest absolute Gasteiger partial charge is 0.493 e. The van der Waals surface area contributed by atoms with Crippen molar-refractivity contribution in [1.82, 2.24) is 10.9 Å². The third-order valence-electron chi connectivity index (χ3n) is 3.29. The number of carbonyl (C=O) groups excluding carboxylic acids is 2. The van der Waals surface area contributed by atoms with E-state index in [1.165, 1.54) is 19.2 Å². The van der Waals surface area contributed by atoms with Crippen molar-refractivity contribution in [3.8, 4) is 17.2 Å². The van der Waals surface area contributed by atoms with Crippen LogP contribution in [0.5, 0.6) is 17.2 Å². The summed E-state index contributed by atoms with van der Waals surface area (Å²) in [5.74, 6) is -2.46. The van der Waals surface area contributed by atoms with E-state index < -0.39 is 30.1 Å². The lowest BCUT2D eigenvalue weighted by Crippen LogP contribution is -2.43. The first kappa shape index (κ1) is 20.0. The van der Waals surface area contributed by atoms with E-state index in [2.05, 4.69) is 10.9 Å². The smallest absolute Gasteiger partial charge is 0.276 e. The molecule has 0 aromatic heterocycles. The molecular weight excluding hydrogens is 362 g/mol. The summed E-state index contributed by atoms with van der Waals surface area (Å²) < 4.78 is 41.6. The van der Waals surface area contributed by atoms with Crippen LogP contribution in [-0.4, -0.2) is 32.1 Å². The van der Waals surface area contributed by atoms with Crippen molar-refractivity contribution in [3.63, 3.8) is 0 Å². The zero-order valence-corrected chi connectivity index (χ0v) is 14.7. The van der Waals surface area contributed by atoms with Gasteiger partial charge in [0.1, 0.15) is 5.82 Å². The molecule has 2 N–H and O–H groups in total. The number of hydrogen-bond acceptors (Lipinski definition) is 5. The molecule has 0 heterocycles. The maximum Gasteiger partial charge on any atom is 0.276 e. The Balaban J connectivity index is 1.88. The van der Waals surface area contributed by atoms with Crippen LogP contribution < -0.4 is 25.1 Å². The molecule has 0 aliphatic heterocycles. The summed E-state index contributed by atoms with van der Waals surface area (Å²) in [5, 5.41) is 0. The van der Waals surface area contributed by atoms with Crippen molar-refractivity contribution < 1.29 is 32.6 Å². The average Bonchev–Trinajstić information content (AvgIpc) is 2.66. The van der Waals surface area contributed by atoms with Gasteiger partial charge in [0.05, 0.1) is 13.7 Å². The minimum atomic E-state index is -0.937. The maximum atomic E-state index is 13.4. The number of benzene rings is 2. The molecule has 0 aliphatic carbocycles. The summed E-state index contributed by atoms with van der Waals surface area (Å²) >= 11 is 0. The molecule has 2 rings (SSSR count). The fourth-order valence-corrected chi connectivity index (χ4v) is 2.05. The highest BCUT2D eigenvalue weighted by Crippen LogP contribution is 2.27. The van der Waals surface area contributed by atoms with Crippen LogP contribution in [0.4, 0.5) is 8.78 Å². The summed E-state index contributed by atoms with van der Waals surface area (Å²) in [6, 6.07) is 7.21. The predicted octanol–water partition coefficient (Wildman–Crippen LogP) is 2.21. The average molecular weight is 380 g/mol. The van der Waals surface area contributed by atoms with Gasteiger partial charge in [-0.2, -0.15) is 0 Å². The summed E-state index contributed by atoms with van der Waals surface area (Å²) in [6.07, 6.45) is 0. The van der Waals surface area contributed by atoms with Crippen molar-refractivity contribution in [1.29, 1.82) is 0 Å². The standard InChI is InChI=1S/C18H18F2N2O5/c1-3-26-15-6-4-11(8-16(15)25-2)18(24)22-21-17(23)10-27-14-7-5-12(19)9-13(14)20/h4-9H,3,10H2,1-2H3,(H,21,23)(H,22,24). The summed E-state index contributed by atoms with van der Waals surface area (Å²) in [4.78, 5) is 23.8. The van der Waals surface area contributed by atoms with Gasteiger partial charge >= 0.3 is 0 Å². The number of hydrogen-bond donors (Lipinski definition) is 2. The summed E-state index contributed by atoms with van der Waals surface area (Å²) in [7, 11) is 1.44. The molecule has 0 fully saturated rings.